The molecule has 14 heteroatoms. The lowest BCUT2D eigenvalue weighted by Crippen LogP contribution is -2.48. The van der Waals surface area contributed by atoms with Crippen molar-refractivity contribution < 1.29 is 32.9 Å². The van der Waals surface area contributed by atoms with Gasteiger partial charge in [-0.05, 0) is 25.5 Å². The molecule has 11 nitrogen and oxygen atoms in total. The van der Waals surface area contributed by atoms with Crippen LogP contribution in [0, 0.1) is 6.92 Å². The summed E-state index contributed by atoms with van der Waals surface area (Å²) in [5.74, 6) is 0.382. The normalized spacial score (nSPS) is 17.3. The number of alkyl halides is 3. The fraction of sp³-hybridized carbons (Fsp3) is 0.375. The molecule has 2 aliphatic heterocycles. The lowest BCUT2D eigenvalue weighted by molar-refractivity contribution is -0.137. The van der Waals surface area contributed by atoms with E-state index in [-0.39, 0.29) is 41.7 Å². The van der Waals surface area contributed by atoms with Crippen molar-refractivity contribution in [3.8, 4) is 17.3 Å². The van der Waals surface area contributed by atoms with Crippen LogP contribution in [0.2, 0.25) is 0 Å². The van der Waals surface area contributed by atoms with Crippen LogP contribution in [-0.2, 0) is 6.18 Å². The van der Waals surface area contributed by atoms with Gasteiger partial charge in [0.15, 0.2) is 11.6 Å². The highest BCUT2D eigenvalue weighted by Gasteiger charge is 2.42. The third-order valence-corrected chi connectivity index (χ3v) is 6.26. The molecule has 1 fully saturated rings. The predicted octanol–water partition coefficient (Wildman–Crippen LogP) is 2.62. The molecule has 3 aromatic rings. The van der Waals surface area contributed by atoms with E-state index < -0.39 is 30.5 Å². The van der Waals surface area contributed by atoms with E-state index in [4.69, 9.17) is 9.84 Å². The van der Waals surface area contributed by atoms with Crippen LogP contribution in [0.1, 0.15) is 17.7 Å². The minimum atomic E-state index is -4.52. The van der Waals surface area contributed by atoms with Crippen molar-refractivity contribution in [2.45, 2.75) is 31.7 Å². The van der Waals surface area contributed by atoms with Gasteiger partial charge in [0, 0.05) is 30.9 Å². The number of nitrogens with one attached hydrogen (secondary N) is 1. The number of amides is 2. The molecule has 1 saturated heterocycles. The Bertz CT molecular complexity index is 1360. The third kappa shape index (κ3) is 5.04. The van der Waals surface area contributed by atoms with E-state index in [0.29, 0.717) is 30.9 Å². The molecule has 1 aromatic carbocycles. The highest BCUT2D eigenvalue weighted by Crippen LogP contribution is 2.42. The monoisotopic (exact) mass is 531 g/mol. The van der Waals surface area contributed by atoms with Crippen molar-refractivity contribution >= 4 is 23.5 Å². The number of hydrogen-bond acceptors (Lipinski definition) is 9. The highest BCUT2D eigenvalue weighted by molar-refractivity contribution is 6.04. The fourth-order valence-electron chi connectivity index (χ4n) is 4.52. The summed E-state index contributed by atoms with van der Waals surface area (Å²) < 4.78 is 45.2. The number of aliphatic hydroxyl groups is 2. The van der Waals surface area contributed by atoms with Gasteiger partial charge in [-0.2, -0.15) is 18.2 Å². The molecule has 2 aliphatic rings. The Labute approximate surface area is 214 Å². The number of carbonyl (C=O) groups excluding carboxylic acids is 1. The van der Waals surface area contributed by atoms with Gasteiger partial charge in [0.1, 0.15) is 18.4 Å². The summed E-state index contributed by atoms with van der Waals surface area (Å²) in [7, 11) is 0. The molecule has 0 aliphatic carbocycles. The van der Waals surface area contributed by atoms with E-state index in [9.17, 15) is 23.1 Å². The molecule has 2 atom stereocenters. The van der Waals surface area contributed by atoms with E-state index in [1.54, 1.807) is 6.92 Å². The van der Waals surface area contributed by atoms with Crippen LogP contribution in [0.3, 0.4) is 0 Å². The maximum atomic E-state index is 13.5. The van der Waals surface area contributed by atoms with E-state index >= 15 is 0 Å². The topological polar surface area (TPSA) is 137 Å². The number of aromatic nitrogens is 4. The van der Waals surface area contributed by atoms with Gasteiger partial charge in [0.25, 0.3) is 0 Å². The molecule has 4 heterocycles. The maximum Gasteiger partial charge on any atom is 0.416 e. The van der Waals surface area contributed by atoms with Crippen molar-refractivity contribution in [3.63, 3.8) is 0 Å². The lowest BCUT2D eigenvalue weighted by Gasteiger charge is -2.36. The first-order valence-electron chi connectivity index (χ1n) is 11.8. The molecular weight excluding hydrogens is 507 g/mol. The second kappa shape index (κ2) is 10.0. The van der Waals surface area contributed by atoms with E-state index in [0.717, 1.165) is 12.1 Å². The Kier molecular flexibility index (Phi) is 6.75. The van der Waals surface area contributed by atoms with Gasteiger partial charge < -0.3 is 19.8 Å². The fourth-order valence-corrected chi connectivity index (χ4v) is 4.52. The molecule has 2 bridgehead atoms. The summed E-state index contributed by atoms with van der Waals surface area (Å²) in [6, 6.07) is 5.37. The first kappa shape index (κ1) is 25.6. The number of benzene rings is 1. The zero-order valence-electron chi connectivity index (χ0n) is 20.2. The van der Waals surface area contributed by atoms with Crippen LogP contribution >= 0.6 is 0 Å². The maximum absolute atomic E-state index is 13.5. The highest BCUT2D eigenvalue weighted by atomic mass is 19.4. The SMILES string of the molecule is Cc1nc(-c2cccc(C(F)(F)F)c2)nc2c1N1CCC(C1)N2C(=O)Nc1nccc(OC[C@@H](O)CO)n1. The van der Waals surface area contributed by atoms with E-state index in [2.05, 4.69) is 30.2 Å². The summed E-state index contributed by atoms with van der Waals surface area (Å²) in [5, 5.41) is 21.0. The number of rotatable bonds is 6. The Morgan fingerprint density at radius 3 is 2.84 bits per heavy atom. The van der Waals surface area contributed by atoms with Crippen molar-refractivity contribution in [2.24, 2.45) is 0 Å². The number of aliphatic hydroxyl groups excluding tert-OH is 2. The van der Waals surface area contributed by atoms with E-state index in [1.165, 1.54) is 29.3 Å². The van der Waals surface area contributed by atoms with Crippen LogP contribution < -0.4 is 19.9 Å². The molecule has 0 spiro atoms. The summed E-state index contributed by atoms with van der Waals surface area (Å²) in [6.45, 7) is 2.27. The second-order valence-corrected chi connectivity index (χ2v) is 8.94. The number of fused-ring (bicyclic) bond motifs is 4. The predicted molar refractivity (Wildman–Crippen MR) is 130 cm³/mol. The van der Waals surface area contributed by atoms with Crippen LogP contribution in [0.5, 0.6) is 5.88 Å². The van der Waals surface area contributed by atoms with Crippen molar-refractivity contribution in [3.05, 3.63) is 47.8 Å². The first-order chi connectivity index (χ1) is 18.1. The molecule has 3 N–H and O–H groups in total. The summed E-state index contributed by atoms with van der Waals surface area (Å²) >= 11 is 0. The van der Waals surface area contributed by atoms with Gasteiger partial charge in [-0.15, -0.1) is 0 Å². The zero-order valence-corrected chi connectivity index (χ0v) is 20.2. The Balaban J connectivity index is 1.46. The van der Waals surface area contributed by atoms with Crippen molar-refractivity contribution in [1.82, 2.24) is 19.9 Å². The average molecular weight is 531 g/mol. The minimum absolute atomic E-state index is 0.0585. The molecule has 0 radical (unpaired) electrons. The number of ether oxygens (including phenoxy) is 1. The summed E-state index contributed by atoms with van der Waals surface area (Å²) in [5.41, 5.74) is 0.533. The molecule has 5 rings (SSSR count). The third-order valence-electron chi connectivity index (χ3n) is 6.26. The second-order valence-electron chi connectivity index (χ2n) is 8.94. The average Bonchev–Trinajstić information content (AvgIpc) is 3.29. The van der Waals surface area contributed by atoms with Gasteiger partial charge in [-0.1, -0.05) is 12.1 Å². The van der Waals surface area contributed by atoms with E-state index in [1.807, 2.05) is 0 Å². The van der Waals surface area contributed by atoms with Gasteiger partial charge >= 0.3 is 12.2 Å². The van der Waals surface area contributed by atoms with Crippen molar-refractivity contribution in [2.75, 3.05) is 41.4 Å². The first-order valence-corrected chi connectivity index (χ1v) is 11.8. The molecule has 2 amide bonds. The van der Waals surface area contributed by atoms with Gasteiger partial charge in [-0.3, -0.25) is 10.2 Å². The van der Waals surface area contributed by atoms with Gasteiger partial charge in [0.05, 0.1) is 23.9 Å². The Morgan fingerprint density at radius 2 is 2.08 bits per heavy atom. The van der Waals surface area contributed by atoms with Crippen LogP contribution in [0.15, 0.2) is 36.5 Å². The van der Waals surface area contributed by atoms with Crippen molar-refractivity contribution in [1.29, 1.82) is 0 Å². The van der Waals surface area contributed by atoms with Gasteiger partial charge in [-0.25, -0.2) is 19.7 Å². The minimum Gasteiger partial charge on any atom is -0.475 e. The lowest BCUT2D eigenvalue weighted by atomic mass is 10.1. The Morgan fingerprint density at radius 1 is 1.26 bits per heavy atom. The van der Waals surface area contributed by atoms with Crippen LogP contribution in [0.4, 0.5) is 35.4 Å². The summed E-state index contributed by atoms with van der Waals surface area (Å²) in [6.07, 6.45) is -3.59. The largest absolute Gasteiger partial charge is 0.475 e. The molecule has 0 saturated carbocycles. The number of hydrogen-bond donors (Lipinski definition) is 3. The Hall–Kier alpha value is -4.04. The molecular formula is C24H24F3N7O4. The number of anilines is 3. The molecule has 1 unspecified atom stereocenters. The zero-order chi connectivity index (χ0) is 27.0. The number of urea groups is 1. The smallest absolute Gasteiger partial charge is 0.416 e. The van der Waals surface area contributed by atoms with Gasteiger partial charge in [0.2, 0.25) is 11.8 Å². The molecule has 2 aromatic heterocycles. The molecule has 38 heavy (non-hydrogen) atoms. The standard InChI is InChI=1S/C24H24F3N7O4/c1-13-19-21(31-20(29-13)14-3-2-4-15(9-14)24(25,26)27)34(16-6-8-33(19)10-16)23(37)32-22-28-7-5-18(30-22)38-12-17(36)11-35/h2-5,7,9,16-17,35-36H,6,8,10-12H2,1H3,(H,28,30,32,37)/t16?,17-/m0/s1. The number of nitrogens with zero attached hydrogens (tertiary/aromatic N) is 6. The number of aryl methyl sites for hydroxylation is 1. The summed E-state index contributed by atoms with van der Waals surface area (Å²) in [4.78, 5) is 34.2. The molecule has 200 valence electrons. The number of halogens is 3. The number of carbonyl (C=O) groups is 1. The van der Waals surface area contributed by atoms with Crippen LogP contribution in [0.25, 0.3) is 11.4 Å². The quantitative estimate of drug-likeness (QED) is 0.438. The van der Waals surface area contributed by atoms with Crippen LogP contribution in [-0.4, -0.2) is 74.6 Å².